The van der Waals surface area contributed by atoms with E-state index in [0.717, 1.165) is 45.3 Å². The lowest BCUT2D eigenvalue weighted by molar-refractivity contribution is 0.0452. The number of halogens is 2. The van der Waals surface area contributed by atoms with Crippen molar-refractivity contribution in [2.24, 2.45) is 0 Å². The number of hydrogen-bond acceptors (Lipinski definition) is 10. The second kappa shape index (κ2) is 11.6. The first-order valence-corrected chi connectivity index (χ1v) is 19.5. The van der Waals surface area contributed by atoms with Gasteiger partial charge in [0, 0.05) is 42.7 Å². The number of phenolic OH excluding ortho intramolecular Hbond substituents is 1. The van der Waals surface area contributed by atoms with Crippen LogP contribution in [-0.2, 0) is 4.74 Å². The van der Waals surface area contributed by atoms with Crippen molar-refractivity contribution in [2.75, 3.05) is 56.8 Å². The van der Waals surface area contributed by atoms with Gasteiger partial charge >= 0.3 is 6.01 Å². The molecular weight excluding hydrogens is 622 g/mol. The Bertz CT molecular complexity index is 1950. The summed E-state index contributed by atoms with van der Waals surface area (Å²) in [6, 6.07) is 6.00. The lowest BCUT2D eigenvalue weighted by Crippen LogP contribution is -2.60. The van der Waals surface area contributed by atoms with E-state index in [1.807, 2.05) is 0 Å². The predicted molar refractivity (Wildman–Crippen MR) is 177 cm³/mol. The van der Waals surface area contributed by atoms with Crippen molar-refractivity contribution >= 4 is 35.6 Å². The number of morpholine rings is 1. The number of nitrogens with zero attached hydrogens (tertiary/aromatic N) is 5. The third-order valence-corrected chi connectivity index (χ3v) is 12.0. The van der Waals surface area contributed by atoms with Gasteiger partial charge in [0.15, 0.2) is 5.82 Å². The zero-order valence-electron chi connectivity index (χ0n) is 26.4. The fourth-order valence-corrected chi connectivity index (χ4v) is 9.72. The molecular formula is C34H36F2N6O4Si. The van der Waals surface area contributed by atoms with Crippen molar-refractivity contribution in [3.05, 3.63) is 41.5 Å². The zero-order chi connectivity index (χ0) is 32.4. The minimum Gasteiger partial charge on any atom is -0.508 e. The molecule has 0 amide bonds. The Morgan fingerprint density at radius 2 is 1.96 bits per heavy atom. The molecule has 0 unspecified atom stereocenters. The number of rotatable bonds is 6. The van der Waals surface area contributed by atoms with Gasteiger partial charge in [-0.05, 0) is 42.6 Å². The van der Waals surface area contributed by atoms with Gasteiger partial charge in [-0.2, -0.15) is 9.97 Å². The van der Waals surface area contributed by atoms with Crippen molar-refractivity contribution in [2.45, 2.75) is 44.1 Å². The van der Waals surface area contributed by atoms with Gasteiger partial charge in [0.2, 0.25) is 5.88 Å². The minimum absolute atomic E-state index is 0.0145. The highest BCUT2D eigenvalue weighted by Crippen LogP contribution is 2.44. The molecule has 244 valence electrons. The van der Waals surface area contributed by atoms with Crippen molar-refractivity contribution in [1.29, 1.82) is 0 Å². The summed E-state index contributed by atoms with van der Waals surface area (Å²) in [5.41, 5.74) is -0.0901. The normalized spacial score (nSPS) is 22.5. The summed E-state index contributed by atoms with van der Waals surface area (Å²) in [7, 11) is -1.92. The molecule has 3 saturated heterocycles. The molecule has 0 saturated carbocycles. The second-order valence-corrected chi connectivity index (χ2v) is 18.6. The third-order valence-electron chi connectivity index (χ3n) is 9.73. The van der Waals surface area contributed by atoms with E-state index in [2.05, 4.69) is 44.1 Å². The van der Waals surface area contributed by atoms with Crippen LogP contribution in [0.15, 0.2) is 24.3 Å². The average Bonchev–Trinajstić information content (AvgIpc) is 3.37. The molecule has 2 N–H and O–H groups in total. The largest absolute Gasteiger partial charge is 0.508 e. The maximum atomic E-state index is 17.0. The van der Waals surface area contributed by atoms with Crippen LogP contribution in [0.25, 0.3) is 32.9 Å². The predicted octanol–water partition coefficient (Wildman–Crippen LogP) is 4.01. The lowest BCUT2D eigenvalue weighted by atomic mass is 9.95. The van der Waals surface area contributed by atoms with E-state index in [4.69, 9.17) is 25.6 Å². The lowest BCUT2D eigenvalue weighted by Gasteiger charge is -2.40. The molecule has 47 heavy (non-hydrogen) atoms. The van der Waals surface area contributed by atoms with E-state index in [1.165, 1.54) is 24.3 Å². The molecule has 8 rings (SSSR count). The van der Waals surface area contributed by atoms with Crippen molar-refractivity contribution in [3.8, 4) is 41.2 Å². The molecule has 6 heterocycles. The standard InChI is InChI=1S/C34H36F2N6O4Si/c1-4-22-24(35)7-5-19-13-21(43)14-23(27(19)22)30-29(36)31-28-32(42-15-20-6-8-25(37-20)26(42)16-45-33(28)38-30)40-34(39-31)46-18-47(2,3)17-41-9-11-44-12-10-41/h1,5,7,13-14,20,25-26,37,43H,6,8-12,15-18H2,2-3H3/t20-,25+,26-/m1/s1. The minimum atomic E-state index is -1.92. The van der Waals surface area contributed by atoms with Gasteiger partial charge in [-0.1, -0.05) is 25.1 Å². The Balaban J connectivity index is 1.28. The number of aromatic hydroxyl groups is 1. The molecule has 3 fully saturated rings. The molecule has 13 heteroatoms. The van der Waals surface area contributed by atoms with Gasteiger partial charge in [0.25, 0.3) is 0 Å². The highest BCUT2D eigenvalue weighted by atomic mass is 28.3. The molecule has 4 aliphatic rings. The quantitative estimate of drug-likeness (QED) is 0.233. The molecule has 0 spiro atoms. The van der Waals surface area contributed by atoms with Gasteiger partial charge in [0.1, 0.15) is 48.7 Å². The smallest absolute Gasteiger partial charge is 0.318 e. The summed E-state index contributed by atoms with van der Waals surface area (Å²) < 4.78 is 50.2. The number of nitrogens with one attached hydrogen (secondary N) is 1. The number of pyridine rings is 1. The highest BCUT2D eigenvalue weighted by Gasteiger charge is 2.44. The van der Waals surface area contributed by atoms with Crippen LogP contribution in [0, 0.1) is 24.0 Å². The Kier molecular flexibility index (Phi) is 7.44. The van der Waals surface area contributed by atoms with Gasteiger partial charge < -0.3 is 34.4 Å². The van der Waals surface area contributed by atoms with E-state index in [9.17, 15) is 9.50 Å². The topological polar surface area (TPSA) is 105 Å². The second-order valence-electron chi connectivity index (χ2n) is 13.7. The summed E-state index contributed by atoms with van der Waals surface area (Å²) in [6.45, 7) is 8.71. The first kappa shape index (κ1) is 30.3. The molecule has 0 radical (unpaired) electrons. The van der Waals surface area contributed by atoms with Gasteiger partial charge in [0.05, 0.1) is 31.0 Å². The van der Waals surface area contributed by atoms with Crippen molar-refractivity contribution in [1.82, 2.24) is 25.2 Å². The molecule has 10 nitrogen and oxygen atoms in total. The molecule has 3 atom stereocenters. The Morgan fingerprint density at radius 1 is 1.13 bits per heavy atom. The Hall–Kier alpha value is -4.09. The number of terminal acetylenes is 1. The third kappa shape index (κ3) is 5.33. The van der Waals surface area contributed by atoms with Crippen LogP contribution in [0.3, 0.4) is 0 Å². The van der Waals surface area contributed by atoms with Crippen molar-refractivity contribution < 1.29 is 28.1 Å². The van der Waals surface area contributed by atoms with Gasteiger partial charge in [-0.25, -0.2) is 13.8 Å². The summed E-state index contributed by atoms with van der Waals surface area (Å²) >= 11 is 0. The van der Waals surface area contributed by atoms with Crippen LogP contribution in [0.1, 0.15) is 18.4 Å². The van der Waals surface area contributed by atoms with Crippen LogP contribution in [-0.4, -0.2) is 103 Å². The number of phenols is 1. The zero-order valence-corrected chi connectivity index (χ0v) is 27.4. The maximum Gasteiger partial charge on any atom is 0.318 e. The van der Waals surface area contributed by atoms with E-state index in [1.54, 1.807) is 0 Å². The fraction of sp³-hybridized carbons (Fsp3) is 0.441. The van der Waals surface area contributed by atoms with Crippen LogP contribution < -0.4 is 19.7 Å². The Labute approximate surface area is 272 Å². The maximum absolute atomic E-state index is 17.0. The molecule has 2 bridgehead atoms. The van der Waals surface area contributed by atoms with E-state index in [0.29, 0.717) is 36.0 Å². The molecule has 2 aromatic carbocycles. The number of ether oxygens (including phenoxy) is 3. The summed E-state index contributed by atoms with van der Waals surface area (Å²) in [4.78, 5) is 18.9. The number of aromatic nitrogens is 3. The molecule has 0 aliphatic carbocycles. The van der Waals surface area contributed by atoms with Gasteiger partial charge in [-0.3, -0.25) is 0 Å². The summed E-state index contributed by atoms with van der Waals surface area (Å²) in [5.74, 6) is 1.55. The van der Waals surface area contributed by atoms with E-state index >= 15 is 4.39 Å². The van der Waals surface area contributed by atoms with Crippen molar-refractivity contribution in [3.63, 3.8) is 0 Å². The van der Waals surface area contributed by atoms with E-state index < -0.39 is 19.7 Å². The Morgan fingerprint density at radius 3 is 2.77 bits per heavy atom. The van der Waals surface area contributed by atoms with Crippen LogP contribution in [0.5, 0.6) is 17.6 Å². The van der Waals surface area contributed by atoms with Crippen LogP contribution >= 0.6 is 0 Å². The monoisotopic (exact) mass is 658 g/mol. The van der Waals surface area contributed by atoms with Crippen LogP contribution in [0.4, 0.5) is 14.6 Å². The first-order chi connectivity index (χ1) is 22.7. The first-order valence-electron chi connectivity index (χ1n) is 16.1. The van der Waals surface area contributed by atoms with Crippen LogP contribution in [0.2, 0.25) is 13.1 Å². The fourth-order valence-electron chi connectivity index (χ4n) is 7.58. The SMILES string of the molecule is C#Cc1c(F)ccc2cc(O)cc(-c3nc4c5c(nc(OC[Si](C)(C)CN6CCOCC6)nc5c3F)N3C[C@H]5CC[C@H](N5)[C@H]3CO4)c12. The summed E-state index contributed by atoms with van der Waals surface area (Å²) in [5, 5.41) is 15.4. The van der Waals surface area contributed by atoms with E-state index in [-0.39, 0.29) is 63.5 Å². The molecule has 4 aliphatic heterocycles. The number of anilines is 1. The number of benzene rings is 2. The molecule has 4 aromatic rings. The average molecular weight is 659 g/mol. The number of fused-ring (bicyclic) bond motifs is 6. The van der Waals surface area contributed by atoms with Gasteiger partial charge in [-0.15, -0.1) is 6.42 Å². The number of piperazine rings is 1. The summed E-state index contributed by atoms with van der Waals surface area (Å²) in [6.07, 6.45) is 9.13. The highest BCUT2D eigenvalue weighted by molar-refractivity contribution is 6.77. The number of hydrogen-bond donors (Lipinski definition) is 2. The molecule has 2 aromatic heterocycles.